The number of hydrogen-bond acceptors (Lipinski definition) is 1. The Morgan fingerprint density at radius 3 is 2.71 bits per heavy atom. The molecular weight excluding hydrogens is 221 g/mol. The third-order valence-corrected chi connectivity index (χ3v) is 2.15. The summed E-state index contributed by atoms with van der Waals surface area (Å²) in [6.07, 6.45) is 0. The average molecular weight is 232 g/mol. The van der Waals surface area contributed by atoms with E-state index in [1.165, 1.54) is 0 Å². The van der Waals surface area contributed by atoms with Crippen LogP contribution < -0.4 is 5.32 Å². The minimum Gasteiger partial charge on any atom is -0.351 e. The summed E-state index contributed by atoms with van der Waals surface area (Å²) < 4.78 is 0. The van der Waals surface area contributed by atoms with Gasteiger partial charge >= 0.3 is 0 Å². The number of halogens is 2. The van der Waals surface area contributed by atoms with E-state index < -0.39 is 0 Å². The Morgan fingerprint density at radius 1 is 1.50 bits per heavy atom. The summed E-state index contributed by atoms with van der Waals surface area (Å²) in [6.45, 7) is 2.25. The first-order valence-electron chi connectivity index (χ1n) is 4.28. The van der Waals surface area contributed by atoms with E-state index in [1.807, 2.05) is 6.92 Å². The Kier molecular flexibility index (Phi) is 4.23. The van der Waals surface area contributed by atoms with E-state index in [0.29, 0.717) is 17.1 Å². The summed E-state index contributed by atoms with van der Waals surface area (Å²) in [7, 11) is 0. The van der Waals surface area contributed by atoms with Gasteiger partial charge in [-0.2, -0.15) is 0 Å². The maximum absolute atomic E-state index is 11.5. The number of alkyl halides is 1. The first-order valence-corrected chi connectivity index (χ1v) is 5.09. The van der Waals surface area contributed by atoms with Crippen molar-refractivity contribution in [3.63, 3.8) is 0 Å². The van der Waals surface area contributed by atoms with Crippen LogP contribution in [0.15, 0.2) is 24.3 Å². The maximum Gasteiger partial charge on any atom is 0.252 e. The van der Waals surface area contributed by atoms with Gasteiger partial charge in [-0.3, -0.25) is 4.79 Å². The van der Waals surface area contributed by atoms with Gasteiger partial charge in [0.05, 0.1) is 10.6 Å². The largest absolute Gasteiger partial charge is 0.351 e. The van der Waals surface area contributed by atoms with Crippen molar-refractivity contribution in [2.75, 3.05) is 6.54 Å². The standard InChI is InChI=1S/C10H11Cl2NO/c1-7(11)6-13-10(14)8-4-2-3-5-9(8)12/h2-5,7H,6H2,1H3,(H,13,14). The highest BCUT2D eigenvalue weighted by atomic mass is 35.5. The molecule has 0 saturated heterocycles. The van der Waals surface area contributed by atoms with Crippen LogP contribution in [0.25, 0.3) is 0 Å². The average Bonchev–Trinajstić information content (AvgIpc) is 2.15. The molecule has 0 fully saturated rings. The summed E-state index contributed by atoms with van der Waals surface area (Å²) in [5.41, 5.74) is 0.478. The van der Waals surface area contributed by atoms with Crippen LogP contribution in [0.4, 0.5) is 0 Å². The molecule has 1 atom stereocenters. The van der Waals surface area contributed by atoms with Gasteiger partial charge in [-0.05, 0) is 19.1 Å². The number of carbonyl (C=O) groups excluding carboxylic acids is 1. The van der Waals surface area contributed by atoms with Crippen molar-refractivity contribution in [3.05, 3.63) is 34.9 Å². The number of amides is 1. The summed E-state index contributed by atoms with van der Waals surface area (Å²) in [5.74, 6) is -0.192. The van der Waals surface area contributed by atoms with Gasteiger partial charge in [0, 0.05) is 11.9 Å². The van der Waals surface area contributed by atoms with Crippen molar-refractivity contribution in [2.45, 2.75) is 12.3 Å². The van der Waals surface area contributed by atoms with E-state index in [2.05, 4.69) is 5.32 Å². The normalized spacial score (nSPS) is 12.2. The Labute approximate surface area is 93.2 Å². The van der Waals surface area contributed by atoms with Crippen molar-refractivity contribution in [3.8, 4) is 0 Å². The molecular formula is C10H11Cl2NO. The molecule has 0 aliphatic carbocycles. The van der Waals surface area contributed by atoms with Crippen molar-refractivity contribution >= 4 is 29.1 Å². The van der Waals surface area contributed by atoms with E-state index in [-0.39, 0.29) is 11.3 Å². The van der Waals surface area contributed by atoms with E-state index in [0.717, 1.165) is 0 Å². The molecule has 1 N–H and O–H groups in total. The highest BCUT2D eigenvalue weighted by Gasteiger charge is 2.09. The van der Waals surface area contributed by atoms with Gasteiger partial charge in [-0.15, -0.1) is 11.6 Å². The van der Waals surface area contributed by atoms with Crippen LogP contribution in [0.5, 0.6) is 0 Å². The van der Waals surface area contributed by atoms with Crippen molar-refractivity contribution in [2.24, 2.45) is 0 Å². The topological polar surface area (TPSA) is 29.1 Å². The van der Waals surface area contributed by atoms with Crippen LogP contribution in [0.1, 0.15) is 17.3 Å². The van der Waals surface area contributed by atoms with Crippen LogP contribution in [-0.2, 0) is 0 Å². The molecule has 1 amide bonds. The van der Waals surface area contributed by atoms with Gasteiger partial charge in [-0.25, -0.2) is 0 Å². The zero-order valence-corrected chi connectivity index (χ0v) is 9.27. The second-order valence-corrected chi connectivity index (χ2v) is 4.12. The quantitative estimate of drug-likeness (QED) is 0.797. The molecule has 0 heterocycles. The molecule has 1 rings (SSSR count). The molecule has 0 aliphatic heterocycles. The predicted molar refractivity (Wildman–Crippen MR) is 59.1 cm³/mol. The zero-order chi connectivity index (χ0) is 10.6. The summed E-state index contributed by atoms with van der Waals surface area (Å²) >= 11 is 11.5. The fraction of sp³-hybridized carbons (Fsp3) is 0.300. The van der Waals surface area contributed by atoms with Gasteiger partial charge in [-0.1, -0.05) is 23.7 Å². The Morgan fingerprint density at radius 2 is 2.14 bits per heavy atom. The van der Waals surface area contributed by atoms with Crippen LogP contribution in [0.2, 0.25) is 5.02 Å². The van der Waals surface area contributed by atoms with Gasteiger partial charge in [0.25, 0.3) is 5.91 Å². The molecule has 0 aromatic heterocycles. The summed E-state index contributed by atoms with van der Waals surface area (Å²) in [5, 5.41) is 3.05. The Hall–Kier alpha value is -0.730. The molecule has 0 saturated carbocycles. The highest BCUT2D eigenvalue weighted by molar-refractivity contribution is 6.33. The molecule has 1 aromatic carbocycles. The number of rotatable bonds is 3. The van der Waals surface area contributed by atoms with E-state index >= 15 is 0 Å². The van der Waals surface area contributed by atoms with Crippen molar-refractivity contribution < 1.29 is 4.79 Å². The fourth-order valence-corrected chi connectivity index (χ4v) is 1.27. The lowest BCUT2D eigenvalue weighted by Crippen LogP contribution is -2.28. The molecule has 76 valence electrons. The van der Waals surface area contributed by atoms with E-state index in [9.17, 15) is 4.79 Å². The molecule has 1 unspecified atom stereocenters. The first-order chi connectivity index (χ1) is 6.61. The number of hydrogen-bond donors (Lipinski definition) is 1. The van der Waals surface area contributed by atoms with Crippen LogP contribution in [0.3, 0.4) is 0 Å². The van der Waals surface area contributed by atoms with Crippen LogP contribution >= 0.6 is 23.2 Å². The maximum atomic E-state index is 11.5. The van der Waals surface area contributed by atoms with E-state index in [1.54, 1.807) is 24.3 Å². The highest BCUT2D eigenvalue weighted by Crippen LogP contribution is 2.14. The lowest BCUT2D eigenvalue weighted by molar-refractivity contribution is 0.0954. The minimum absolute atomic E-state index is 0.0820. The lowest BCUT2D eigenvalue weighted by atomic mass is 10.2. The van der Waals surface area contributed by atoms with E-state index in [4.69, 9.17) is 23.2 Å². The zero-order valence-electron chi connectivity index (χ0n) is 7.76. The fourth-order valence-electron chi connectivity index (χ4n) is 0.974. The molecule has 0 bridgehead atoms. The van der Waals surface area contributed by atoms with Crippen LogP contribution in [0, 0.1) is 0 Å². The number of nitrogens with one attached hydrogen (secondary N) is 1. The Bertz CT molecular complexity index is 326. The number of carbonyl (C=O) groups is 1. The van der Waals surface area contributed by atoms with Gasteiger partial charge < -0.3 is 5.32 Å². The third-order valence-electron chi connectivity index (χ3n) is 1.66. The lowest BCUT2D eigenvalue weighted by Gasteiger charge is -2.07. The molecule has 2 nitrogen and oxygen atoms in total. The smallest absolute Gasteiger partial charge is 0.252 e. The van der Waals surface area contributed by atoms with Crippen LogP contribution in [-0.4, -0.2) is 17.8 Å². The molecule has 0 spiro atoms. The number of benzene rings is 1. The molecule has 4 heteroatoms. The van der Waals surface area contributed by atoms with Gasteiger partial charge in [0.1, 0.15) is 0 Å². The van der Waals surface area contributed by atoms with Gasteiger partial charge in [0.2, 0.25) is 0 Å². The second-order valence-electron chi connectivity index (χ2n) is 2.97. The minimum atomic E-state index is -0.192. The predicted octanol–water partition coefficient (Wildman–Crippen LogP) is 2.70. The Balaban J connectivity index is 2.65. The summed E-state index contributed by atoms with van der Waals surface area (Å²) in [4.78, 5) is 11.5. The van der Waals surface area contributed by atoms with Crippen molar-refractivity contribution in [1.29, 1.82) is 0 Å². The second kappa shape index (κ2) is 5.23. The monoisotopic (exact) mass is 231 g/mol. The third kappa shape index (κ3) is 3.20. The summed E-state index contributed by atoms with van der Waals surface area (Å²) in [6, 6.07) is 6.91. The first kappa shape index (κ1) is 11.3. The van der Waals surface area contributed by atoms with Gasteiger partial charge in [0.15, 0.2) is 0 Å². The molecule has 0 aliphatic rings. The molecule has 0 radical (unpaired) electrons. The molecule has 1 aromatic rings. The molecule has 14 heavy (non-hydrogen) atoms. The van der Waals surface area contributed by atoms with Crippen molar-refractivity contribution in [1.82, 2.24) is 5.32 Å². The SMILES string of the molecule is CC(Cl)CNC(=O)c1ccccc1Cl.